The fourth-order valence-electron chi connectivity index (χ4n) is 1.90. The van der Waals surface area contributed by atoms with E-state index in [0.717, 1.165) is 0 Å². The zero-order valence-corrected chi connectivity index (χ0v) is 12.1. The van der Waals surface area contributed by atoms with Crippen molar-refractivity contribution >= 4 is 5.97 Å². The van der Waals surface area contributed by atoms with Crippen LogP contribution in [0.1, 0.15) is 27.2 Å². The van der Waals surface area contributed by atoms with Crippen LogP contribution in [-0.2, 0) is 4.79 Å². The van der Waals surface area contributed by atoms with E-state index in [1.165, 1.54) is 0 Å². The van der Waals surface area contributed by atoms with Gasteiger partial charge in [0.05, 0.1) is 5.92 Å². The van der Waals surface area contributed by atoms with Crippen LogP contribution in [0.3, 0.4) is 0 Å². The molecule has 0 saturated heterocycles. The Bertz CT molecular complexity index is 535. The molecule has 0 fully saturated rings. The standard InChI is InChI=1S/C17H20O3/c1-17(2,3)20-15-11-7-10-14(12-15)19-16(18)13-8-5-4-6-9-13/h4-8,10-13H,9H2,1-3H3. The van der Waals surface area contributed by atoms with Crippen LogP contribution in [0.15, 0.2) is 48.6 Å². The lowest BCUT2D eigenvalue weighted by Crippen LogP contribution is -2.23. The first-order valence-electron chi connectivity index (χ1n) is 6.78. The molecule has 2 rings (SSSR count). The fraction of sp³-hybridized carbons (Fsp3) is 0.353. The van der Waals surface area contributed by atoms with Crippen molar-refractivity contribution in [3.63, 3.8) is 0 Å². The normalized spacial score (nSPS) is 17.9. The van der Waals surface area contributed by atoms with E-state index in [-0.39, 0.29) is 17.5 Å². The van der Waals surface area contributed by atoms with Crippen LogP contribution in [0, 0.1) is 5.92 Å². The van der Waals surface area contributed by atoms with E-state index in [1.807, 2.05) is 57.2 Å². The van der Waals surface area contributed by atoms with Crippen molar-refractivity contribution in [2.75, 3.05) is 0 Å². The van der Waals surface area contributed by atoms with E-state index in [1.54, 1.807) is 12.1 Å². The molecule has 0 spiro atoms. The third kappa shape index (κ3) is 4.26. The van der Waals surface area contributed by atoms with Crippen LogP contribution in [0.25, 0.3) is 0 Å². The van der Waals surface area contributed by atoms with E-state index < -0.39 is 0 Å². The highest BCUT2D eigenvalue weighted by molar-refractivity contribution is 5.77. The first-order valence-corrected chi connectivity index (χ1v) is 6.78. The Kier molecular flexibility index (Phi) is 4.28. The molecule has 1 aliphatic rings. The number of esters is 1. The van der Waals surface area contributed by atoms with Gasteiger partial charge in [-0.15, -0.1) is 0 Å². The first kappa shape index (κ1) is 14.4. The second kappa shape index (κ2) is 5.95. The topological polar surface area (TPSA) is 35.5 Å². The summed E-state index contributed by atoms with van der Waals surface area (Å²) in [4.78, 5) is 12.0. The lowest BCUT2D eigenvalue weighted by atomic mass is 10.0. The molecule has 0 radical (unpaired) electrons. The summed E-state index contributed by atoms with van der Waals surface area (Å²) in [6, 6.07) is 7.17. The summed E-state index contributed by atoms with van der Waals surface area (Å²) in [7, 11) is 0. The number of ether oxygens (including phenoxy) is 2. The fourth-order valence-corrected chi connectivity index (χ4v) is 1.90. The van der Waals surface area contributed by atoms with E-state index in [0.29, 0.717) is 17.9 Å². The van der Waals surface area contributed by atoms with Crippen LogP contribution in [0.5, 0.6) is 11.5 Å². The molecule has 3 heteroatoms. The summed E-state index contributed by atoms with van der Waals surface area (Å²) in [5.41, 5.74) is -0.278. The van der Waals surface area contributed by atoms with Gasteiger partial charge in [-0.2, -0.15) is 0 Å². The summed E-state index contributed by atoms with van der Waals surface area (Å²) >= 11 is 0. The van der Waals surface area contributed by atoms with Crippen molar-refractivity contribution < 1.29 is 14.3 Å². The number of allylic oxidation sites excluding steroid dienone is 3. The zero-order valence-electron chi connectivity index (χ0n) is 12.1. The van der Waals surface area contributed by atoms with Gasteiger partial charge >= 0.3 is 5.97 Å². The van der Waals surface area contributed by atoms with Crippen LogP contribution in [0.4, 0.5) is 0 Å². The second-order valence-electron chi connectivity index (χ2n) is 5.77. The molecule has 0 aliphatic heterocycles. The van der Waals surface area contributed by atoms with Crippen molar-refractivity contribution in [2.45, 2.75) is 32.8 Å². The Morgan fingerprint density at radius 3 is 2.60 bits per heavy atom. The van der Waals surface area contributed by atoms with E-state index in [9.17, 15) is 4.79 Å². The Labute approximate surface area is 119 Å². The van der Waals surface area contributed by atoms with E-state index >= 15 is 0 Å². The Morgan fingerprint density at radius 1 is 1.20 bits per heavy atom. The molecule has 1 unspecified atom stereocenters. The SMILES string of the molecule is CC(C)(C)Oc1cccc(OC(=O)C2C=CC=CC2)c1. The third-order valence-electron chi connectivity index (χ3n) is 2.73. The van der Waals surface area contributed by atoms with Crippen LogP contribution in [-0.4, -0.2) is 11.6 Å². The molecule has 3 nitrogen and oxygen atoms in total. The minimum atomic E-state index is -0.278. The number of carbonyl (C=O) groups excluding carboxylic acids is 1. The summed E-state index contributed by atoms with van der Waals surface area (Å²) in [6.07, 6.45) is 8.31. The molecule has 0 saturated carbocycles. The van der Waals surface area contributed by atoms with Gasteiger partial charge in [0, 0.05) is 6.07 Å². The first-order chi connectivity index (χ1) is 9.44. The molecular formula is C17H20O3. The quantitative estimate of drug-likeness (QED) is 0.618. The van der Waals surface area contributed by atoms with Gasteiger partial charge in [0.25, 0.3) is 0 Å². The van der Waals surface area contributed by atoms with Crippen LogP contribution < -0.4 is 9.47 Å². The monoisotopic (exact) mass is 272 g/mol. The predicted octanol–water partition coefficient (Wildman–Crippen LogP) is 3.90. The largest absolute Gasteiger partial charge is 0.488 e. The molecule has 0 N–H and O–H groups in total. The molecule has 106 valence electrons. The molecule has 1 aromatic carbocycles. The maximum Gasteiger partial charge on any atom is 0.318 e. The van der Waals surface area contributed by atoms with Crippen molar-refractivity contribution in [3.05, 3.63) is 48.6 Å². The van der Waals surface area contributed by atoms with Crippen LogP contribution >= 0.6 is 0 Å². The van der Waals surface area contributed by atoms with Gasteiger partial charge in [-0.1, -0.05) is 30.4 Å². The summed E-state index contributed by atoms with van der Waals surface area (Å²) < 4.78 is 11.2. The molecule has 0 aromatic heterocycles. The van der Waals surface area contributed by atoms with Gasteiger partial charge in [-0.05, 0) is 39.3 Å². The minimum Gasteiger partial charge on any atom is -0.488 e. The van der Waals surface area contributed by atoms with E-state index in [2.05, 4.69) is 0 Å². The second-order valence-corrected chi connectivity index (χ2v) is 5.77. The van der Waals surface area contributed by atoms with Crippen molar-refractivity contribution in [1.29, 1.82) is 0 Å². The highest BCUT2D eigenvalue weighted by atomic mass is 16.5. The number of hydrogen-bond donors (Lipinski definition) is 0. The molecule has 0 heterocycles. The number of rotatable bonds is 3. The van der Waals surface area contributed by atoms with Gasteiger partial charge in [0.15, 0.2) is 0 Å². The summed E-state index contributed by atoms with van der Waals surface area (Å²) in [5.74, 6) is 0.771. The zero-order chi connectivity index (χ0) is 14.6. The lowest BCUT2D eigenvalue weighted by Gasteiger charge is -2.21. The van der Waals surface area contributed by atoms with Gasteiger partial charge in [0.1, 0.15) is 17.1 Å². The Balaban J connectivity index is 2.02. The Hall–Kier alpha value is -2.03. The molecule has 1 aromatic rings. The maximum atomic E-state index is 12.0. The molecule has 0 bridgehead atoms. The summed E-state index contributed by atoms with van der Waals surface area (Å²) in [6.45, 7) is 5.93. The molecule has 1 atom stereocenters. The van der Waals surface area contributed by atoms with E-state index in [4.69, 9.17) is 9.47 Å². The highest BCUT2D eigenvalue weighted by Gasteiger charge is 2.18. The minimum absolute atomic E-state index is 0.202. The molecule has 1 aliphatic carbocycles. The lowest BCUT2D eigenvalue weighted by molar-refractivity contribution is -0.137. The van der Waals surface area contributed by atoms with Gasteiger partial charge in [-0.3, -0.25) is 4.79 Å². The smallest absolute Gasteiger partial charge is 0.318 e. The number of carbonyl (C=O) groups is 1. The van der Waals surface area contributed by atoms with Crippen molar-refractivity contribution in [1.82, 2.24) is 0 Å². The molecule has 0 amide bonds. The highest BCUT2D eigenvalue weighted by Crippen LogP contribution is 2.24. The molecular weight excluding hydrogens is 252 g/mol. The summed E-state index contributed by atoms with van der Waals surface area (Å²) in [5, 5.41) is 0. The average molecular weight is 272 g/mol. The maximum absolute atomic E-state index is 12.0. The Morgan fingerprint density at radius 2 is 1.95 bits per heavy atom. The average Bonchev–Trinajstić information content (AvgIpc) is 2.38. The molecule has 20 heavy (non-hydrogen) atoms. The van der Waals surface area contributed by atoms with Gasteiger partial charge < -0.3 is 9.47 Å². The van der Waals surface area contributed by atoms with Crippen LogP contribution in [0.2, 0.25) is 0 Å². The number of hydrogen-bond acceptors (Lipinski definition) is 3. The predicted molar refractivity (Wildman–Crippen MR) is 78.8 cm³/mol. The van der Waals surface area contributed by atoms with Crippen molar-refractivity contribution in [3.8, 4) is 11.5 Å². The third-order valence-corrected chi connectivity index (χ3v) is 2.73. The van der Waals surface area contributed by atoms with Crippen molar-refractivity contribution in [2.24, 2.45) is 5.92 Å². The number of benzene rings is 1. The van der Waals surface area contributed by atoms with Gasteiger partial charge in [-0.25, -0.2) is 0 Å². The van der Waals surface area contributed by atoms with Gasteiger partial charge in [0.2, 0.25) is 0 Å².